The first kappa shape index (κ1) is 14.4. The van der Waals surface area contributed by atoms with Crippen molar-refractivity contribution in [2.24, 2.45) is 0 Å². The quantitative estimate of drug-likeness (QED) is 0.553. The third-order valence-electron chi connectivity index (χ3n) is 2.91. The lowest BCUT2D eigenvalue weighted by molar-refractivity contribution is 0.602. The van der Waals surface area contributed by atoms with Gasteiger partial charge in [-0.15, -0.1) is 0 Å². The molecule has 0 atom stereocenters. The maximum Gasteiger partial charge on any atom is 0.175 e. The highest BCUT2D eigenvalue weighted by Crippen LogP contribution is 2.22. The van der Waals surface area contributed by atoms with E-state index < -0.39 is 9.84 Å². The molecule has 6 nitrogen and oxygen atoms in total. The van der Waals surface area contributed by atoms with Gasteiger partial charge in [0.05, 0.1) is 16.3 Å². The summed E-state index contributed by atoms with van der Waals surface area (Å²) in [5, 5.41) is 3.19. The number of nitrogen functional groups attached to an aromatic ring is 1. The SMILES string of the molecule is CS(=O)(=O)c1ccc(NCCCc2ncc[nH]2)c(N)c1. The van der Waals surface area contributed by atoms with Gasteiger partial charge in [-0.05, 0) is 24.6 Å². The molecule has 0 bridgehead atoms. The van der Waals surface area contributed by atoms with E-state index in [0.29, 0.717) is 5.69 Å². The van der Waals surface area contributed by atoms with Crippen molar-refractivity contribution in [3.05, 3.63) is 36.4 Å². The number of benzene rings is 1. The number of aromatic amines is 1. The predicted octanol–water partition coefficient (Wildman–Crippen LogP) is 1.44. The second-order valence-corrected chi connectivity index (χ2v) is 6.60. The maximum atomic E-state index is 11.4. The van der Waals surface area contributed by atoms with Gasteiger partial charge in [0.15, 0.2) is 9.84 Å². The van der Waals surface area contributed by atoms with Crippen LogP contribution in [0, 0.1) is 0 Å². The zero-order valence-corrected chi connectivity index (χ0v) is 12.1. The summed E-state index contributed by atoms with van der Waals surface area (Å²) < 4.78 is 22.8. The zero-order chi connectivity index (χ0) is 14.6. The van der Waals surface area contributed by atoms with Crippen LogP contribution < -0.4 is 11.1 Å². The Morgan fingerprint density at radius 3 is 2.80 bits per heavy atom. The molecule has 0 spiro atoms. The second-order valence-electron chi connectivity index (χ2n) is 4.59. The summed E-state index contributed by atoms with van der Waals surface area (Å²) in [4.78, 5) is 7.42. The molecule has 0 aliphatic heterocycles. The van der Waals surface area contributed by atoms with Crippen LogP contribution in [0.3, 0.4) is 0 Å². The number of imidazole rings is 1. The van der Waals surface area contributed by atoms with Crippen LogP contribution in [-0.2, 0) is 16.3 Å². The number of sulfone groups is 1. The van der Waals surface area contributed by atoms with E-state index >= 15 is 0 Å². The molecule has 20 heavy (non-hydrogen) atoms. The first-order valence-corrected chi connectivity index (χ1v) is 8.17. The first-order valence-electron chi connectivity index (χ1n) is 6.28. The number of nitrogens with zero attached hydrogens (tertiary/aromatic N) is 1. The summed E-state index contributed by atoms with van der Waals surface area (Å²) in [5.41, 5.74) is 7.03. The molecule has 108 valence electrons. The van der Waals surface area contributed by atoms with Gasteiger partial charge in [-0.25, -0.2) is 13.4 Å². The van der Waals surface area contributed by atoms with E-state index in [-0.39, 0.29) is 4.90 Å². The van der Waals surface area contributed by atoms with Gasteiger partial charge in [0.1, 0.15) is 5.82 Å². The molecular formula is C13H18N4O2S. The van der Waals surface area contributed by atoms with E-state index in [1.807, 2.05) is 0 Å². The van der Waals surface area contributed by atoms with Gasteiger partial charge >= 0.3 is 0 Å². The largest absolute Gasteiger partial charge is 0.397 e. The number of hydrogen-bond donors (Lipinski definition) is 3. The molecule has 0 fully saturated rings. The molecule has 7 heteroatoms. The van der Waals surface area contributed by atoms with Crippen molar-refractivity contribution in [3.8, 4) is 0 Å². The first-order chi connectivity index (χ1) is 9.47. The van der Waals surface area contributed by atoms with Crippen LogP contribution in [0.1, 0.15) is 12.2 Å². The fraction of sp³-hybridized carbons (Fsp3) is 0.308. The Kier molecular flexibility index (Phi) is 4.29. The number of hydrogen-bond acceptors (Lipinski definition) is 5. The minimum atomic E-state index is -3.22. The number of nitrogens with one attached hydrogen (secondary N) is 2. The van der Waals surface area contributed by atoms with E-state index in [9.17, 15) is 8.42 Å². The summed E-state index contributed by atoms with van der Waals surface area (Å²) in [6.45, 7) is 0.739. The van der Waals surface area contributed by atoms with Crippen LogP contribution in [0.4, 0.5) is 11.4 Å². The Hall–Kier alpha value is -2.02. The molecule has 0 aliphatic rings. The molecule has 2 aromatic rings. The number of anilines is 2. The fourth-order valence-electron chi connectivity index (χ4n) is 1.85. The molecule has 0 saturated carbocycles. The molecule has 0 unspecified atom stereocenters. The van der Waals surface area contributed by atoms with Crippen molar-refractivity contribution >= 4 is 21.2 Å². The van der Waals surface area contributed by atoms with E-state index in [1.54, 1.807) is 24.5 Å². The molecule has 4 N–H and O–H groups in total. The van der Waals surface area contributed by atoms with Gasteiger partial charge in [0.25, 0.3) is 0 Å². The van der Waals surface area contributed by atoms with Gasteiger partial charge in [-0.2, -0.15) is 0 Å². The van der Waals surface area contributed by atoms with Crippen LogP contribution >= 0.6 is 0 Å². The maximum absolute atomic E-state index is 11.4. The molecule has 1 aromatic carbocycles. The van der Waals surface area contributed by atoms with E-state index in [0.717, 1.165) is 37.2 Å². The lowest BCUT2D eigenvalue weighted by Crippen LogP contribution is -2.07. The van der Waals surface area contributed by atoms with Crippen LogP contribution in [0.5, 0.6) is 0 Å². The lowest BCUT2D eigenvalue weighted by atomic mass is 10.2. The van der Waals surface area contributed by atoms with Crippen molar-refractivity contribution in [3.63, 3.8) is 0 Å². The molecule has 0 saturated heterocycles. The molecule has 0 amide bonds. The summed E-state index contributed by atoms with van der Waals surface area (Å²) in [6, 6.07) is 4.73. The van der Waals surface area contributed by atoms with E-state index in [4.69, 9.17) is 5.73 Å². The van der Waals surface area contributed by atoms with Gasteiger partial charge in [-0.1, -0.05) is 0 Å². The average molecular weight is 294 g/mol. The van der Waals surface area contributed by atoms with Crippen molar-refractivity contribution in [2.75, 3.05) is 23.9 Å². The van der Waals surface area contributed by atoms with Crippen LogP contribution in [0.2, 0.25) is 0 Å². The normalized spacial score (nSPS) is 11.4. The molecular weight excluding hydrogens is 276 g/mol. The summed E-state index contributed by atoms with van der Waals surface area (Å²) in [5.74, 6) is 0.951. The molecule has 1 heterocycles. The van der Waals surface area contributed by atoms with Crippen LogP contribution in [0.15, 0.2) is 35.5 Å². The van der Waals surface area contributed by atoms with E-state index in [1.165, 1.54) is 6.07 Å². The lowest BCUT2D eigenvalue weighted by Gasteiger charge is -2.10. The Morgan fingerprint density at radius 2 is 2.20 bits per heavy atom. The smallest absolute Gasteiger partial charge is 0.175 e. The average Bonchev–Trinajstić information content (AvgIpc) is 2.88. The molecule has 0 radical (unpaired) electrons. The van der Waals surface area contributed by atoms with Gasteiger partial charge in [0, 0.05) is 31.6 Å². The zero-order valence-electron chi connectivity index (χ0n) is 11.3. The Labute approximate surface area is 118 Å². The Morgan fingerprint density at radius 1 is 1.40 bits per heavy atom. The highest BCUT2D eigenvalue weighted by atomic mass is 32.2. The third-order valence-corrected chi connectivity index (χ3v) is 4.02. The monoisotopic (exact) mass is 294 g/mol. The van der Waals surface area contributed by atoms with Gasteiger partial charge in [0.2, 0.25) is 0 Å². The van der Waals surface area contributed by atoms with E-state index in [2.05, 4.69) is 15.3 Å². The standard InChI is InChI=1S/C13H18N4O2S/c1-20(18,19)10-4-5-12(11(14)9-10)15-6-2-3-13-16-7-8-17-13/h4-5,7-9,15H,2-3,6,14H2,1H3,(H,16,17). The Bertz CT molecular complexity index is 666. The summed E-state index contributed by atoms with van der Waals surface area (Å²) >= 11 is 0. The summed E-state index contributed by atoms with van der Waals surface area (Å²) in [6.07, 6.45) is 6.44. The van der Waals surface area contributed by atoms with Crippen molar-refractivity contribution in [1.29, 1.82) is 0 Å². The van der Waals surface area contributed by atoms with Crippen LogP contribution in [-0.4, -0.2) is 31.2 Å². The number of nitrogens with two attached hydrogens (primary N) is 1. The number of aryl methyl sites for hydroxylation is 1. The van der Waals surface area contributed by atoms with Crippen molar-refractivity contribution in [2.45, 2.75) is 17.7 Å². The number of aromatic nitrogens is 2. The summed E-state index contributed by atoms with van der Waals surface area (Å²) in [7, 11) is -3.22. The number of rotatable bonds is 6. The number of H-pyrrole nitrogens is 1. The highest BCUT2D eigenvalue weighted by molar-refractivity contribution is 7.90. The highest BCUT2D eigenvalue weighted by Gasteiger charge is 2.09. The minimum Gasteiger partial charge on any atom is -0.397 e. The van der Waals surface area contributed by atoms with Crippen molar-refractivity contribution < 1.29 is 8.42 Å². The third kappa shape index (κ3) is 3.74. The predicted molar refractivity (Wildman–Crippen MR) is 79.4 cm³/mol. The molecule has 2 rings (SSSR count). The van der Waals surface area contributed by atoms with Crippen LogP contribution in [0.25, 0.3) is 0 Å². The minimum absolute atomic E-state index is 0.233. The molecule has 1 aromatic heterocycles. The second kappa shape index (κ2) is 5.96. The van der Waals surface area contributed by atoms with Gasteiger partial charge < -0.3 is 16.0 Å². The topological polar surface area (TPSA) is 101 Å². The fourth-order valence-corrected chi connectivity index (χ4v) is 2.50. The molecule has 0 aliphatic carbocycles. The van der Waals surface area contributed by atoms with Crippen molar-refractivity contribution in [1.82, 2.24) is 9.97 Å². The van der Waals surface area contributed by atoms with Gasteiger partial charge in [-0.3, -0.25) is 0 Å². The Balaban J connectivity index is 1.90.